The second-order valence-electron chi connectivity index (χ2n) is 7.95. The number of halogens is 3. The van der Waals surface area contributed by atoms with Crippen molar-refractivity contribution in [1.82, 2.24) is 30.0 Å². The molecule has 0 radical (unpaired) electrons. The van der Waals surface area contributed by atoms with Crippen LogP contribution in [-0.2, 0) is 24.0 Å². The van der Waals surface area contributed by atoms with E-state index in [0.29, 0.717) is 38.3 Å². The van der Waals surface area contributed by atoms with Crippen LogP contribution in [0.15, 0.2) is 17.8 Å². The number of carbonyl (C=O) groups excluding carboxylic acids is 2. The minimum atomic E-state index is -4.64. The predicted molar refractivity (Wildman–Crippen MR) is 112 cm³/mol. The third kappa shape index (κ3) is 4.13. The Morgan fingerprint density at radius 2 is 2.03 bits per heavy atom. The molecule has 180 valence electrons. The normalized spacial score (nSPS) is 19.9. The number of nitrogens with one attached hydrogen (secondary N) is 1. The number of pyridine rings is 1. The van der Waals surface area contributed by atoms with E-state index >= 15 is 0 Å². The minimum absolute atomic E-state index is 0.0521. The predicted octanol–water partition coefficient (Wildman–Crippen LogP) is 2.83. The van der Waals surface area contributed by atoms with Gasteiger partial charge in [-0.05, 0) is 0 Å². The Bertz CT molecular complexity index is 1250. The molecule has 1 aliphatic carbocycles. The quantitative estimate of drug-likeness (QED) is 0.591. The summed E-state index contributed by atoms with van der Waals surface area (Å²) in [6, 6.07) is 0.843. The second kappa shape index (κ2) is 8.42. The molecule has 3 aromatic heterocycles. The van der Waals surface area contributed by atoms with E-state index in [-0.39, 0.29) is 21.7 Å². The van der Waals surface area contributed by atoms with Gasteiger partial charge in [0.2, 0.25) is 5.88 Å². The van der Waals surface area contributed by atoms with Gasteiger partial charge in [-0.25, -0.2) is 19.4 Å². The Morgan fingerprint density at radius 3 is 2.76 bits per heavy atom. The van der Waals surface area contributed by atoms with Crippen molar-refractivity contribution >= 4 is 33.6 Å². The van der Waals surface area contributed by atoms with Crippen LogP contribution in [-0.4, -0.2) is 62.4 Å². The van der Waals surface area contributed by atoms with Crippen LogP contribution in [0.3, 0.4) is 0 Å². The third-order valence-corrected chi connectivity index (χ3v) is 6.75. The summed E-state index contributed by atoms with van der Waals surface area (Å²) in [6.45, 7) is 1.27. The molecule has 0 saturated heterocycles. The number of carbonyl (C=O) groups is 2. The SMILES string of the molecule is CNC(=O)c1csc2c(C(F)(F)F)cc(O[C@H]3C[C@@H](OC(=O)N4CCn5ncnc5C4)C3)nc12. The average Bonchev–Trinajstić information content (AvgIpc) is 3.42. The van der Waals surface area contributed by atoms with E-state index in [9.17, 15) is 22.8 Å². The molecular formula is C20H19F3N6O4S. The highest BCUT2D eigenvalue weighted by atomic mass is 32.1. The van der Waals surface area contributed by atoms with Crippen molar-refractivity contribution < 1.29 is 32.2 Å². The van der Waals surface area contributed by atoms with Gasteiger partial charge in [0.1, 0.15) is 24.4 Å². The van der Waals surface area contributed by atoms with Gasteiger partial charge < -0.3 is 14.8 Å². The van der Waals surface area contributed by atoms with Crippen molar-refractivity contribution in [3.05, 3.63) is 34.7 Å². The summed E-state index contributed by atoms with van der Waals surface area (Å²) in [7, 11) is 1.39. The van der Waals surface area contributed by atoms with Crippen molar-refractivity contribution in [3.8, 4) is 5.88 Å². The van der Waals surface area contributed by atoms with Crippen LogP contribution in [0.5, 0.6) is 5.88 Å². The van der Waals surface area contributed by atoms with Crippen LogP contribution in [0.25, 0.3) is 10.2 Å². The Balaban J connectivity index is 1.24. The minimum Gasteiger partial charge on any atom is -0.474 e. The fraction of sp³-hybridized carbons (Fsp3) is 0.450. The van der Waals surface area contributed by atoms with Crippen molar-refractivity contribution in [2.75, 3.05) is 13.6 Å². The summed E-state index contributed by atoms with van der Waals surface area (Å²) < 4.78 is 53.6. The first-order valence-corrected chi connectivity index (χ1v) is 11.3. The standard InChI is InChI=1S/C20H19F3N6O4S/c1-24-18(30)12-8-34-17-13(20(21,22)23)6-15(27-16(12)17)32-10-4-11(5-10)33-19(31)28-2-3-29-14(7-28)25-9-26-29/h6,8-11H,2-5,7H2,1H3,(H,24,30)/t10-,11+. The summed E-state index contributed by atoms with van der Waals surface area (Å²) in [5, 5.41) is 7.80. The number of hydrogen-bond donors (Lipinski definition) is 1. The molecule has 2 amide bonds. The molecule has 1 saturated carbocycles. The molecule has 0 atom stereocenters. The van der Waals surface area contributed by atoms with Crippen LogP contribution in [0.1, 0.15) is 34.6 Å². The molecule has 2 aliphatic rings. The molecule has 0 aromatic carbocycles. The lowest BCUT2D eigenvalue weighted by Crippen LogP contribution is -2.45. The van der Waals surface area contributed by atoms with Crippen LogP contribution in [0, 0.1) is 0 Å². The van der Waals surface area contributed by atoms with Crippen molar-refractivity contribution in [3.63, 3.8) is 0 Å². The number of hydrogen-bond acceptors (Lipinski definition) is 8. The number of amides is 2. The van der Waals surface area contributed by atoms with Crippen molar-refractivity contribution in [2.45, 2.75) is 44.3 Å². The highest BCUT2D eigenvalue weighted by Gasteiger charge is 2.38. The highest BCUT2D eigenvalue weighted by Crippen LogP contribution is 2.41. The van der Waals surface area contributed by atoms with Gasteiger partial charge in [-0.3, -0.25) is 9.69 Å². The van der Waals surface area contributed by atoms with Gasteiger partial charge in [0.15, 0.2) is 0 Å². The zero-order valence-electron chi connectivity index (χ0n) is 17.8. The Kier molecular flexibility index (Phi) is 5.54. The van der Waals surface area contributed by atoms with Crippen molar-refractivity contribution in [1.29, 1.82) is 0 Å². The molecular weight excluding hydrogens is 477 g/mol. The number of alkyl halides is 3. The van der Waals surface area contributed by atoms with Gasteiger partial charge in [0.05, 0.1) is 34.4 Å². The first-order chi connectivity index (χ1) is 16.2. The maximum absolute atomic E-state index is 13.6. The van der Waals surface area contributed by atoms with Crippen LogP contribution in [0.2, 0.25) is 0 Å². The van der Waals surface area contributed by atoms with E-state index in [1.807, 2.05) is 0 Å². The average molecular weight is 496 g/mol. The topological polar surface area (TPSA) is 111 Å². The summed E-state index contributed by atoms with van der Waals surface area (Å²) in [5.74, 6) is -0.0892. The zero-order valence-corrected chi connectivity index (χ0v) is 18.6. The third-order valence-electron chi connectivity index (χ3n) is 5.75. The maximum atomic E-state index is 13.6. The Labute approximate surface area is 194 Å². The van der Waals surface area contributed by atoms with Gasteiger partial charge in [0.25, 0.3) is 5.91 Å². The molecule has 5 rings (SSSR count). The Hall–Kier alpha value is -3.42. The smallest absolute Gasteiger partial charge is 0.418 e. The van der Waals surface area contributed by atoms with Crippen molar-refractivity contribution in [2.24, 2.45) is 0 Å². The molecule has 0 spiro atoms. The van der Waals surface area contributed by atoms with E-state index in [0.717, 1.165) is 17.4 Å². The lowest BCUT2D eigenvalue weighted by atomic mass is 9.92. The molecule has 10 nitrogen and oxygen atoms in total. The Morgan fingerprint density at radius 1 is 1.24 bits per heavy atom. The molecule has 1 aliphatic heterocycles. The largest absolute Gasteiger partial charge is 0.474 e. The molecule has 0 unspecified atom stereocenters. The van der Waals surface area contributed by atoms with E-state index in [4.69, 9.17) is 9.47 Å². The van der Waals surface area contributed by atoms with Gasteiger partial charge >= 0.3 is 12.3 Å². The monoisotopic (exact) mass is 496 g/mol. The van der Waals surface area contributed by atoms with E-state index in [2.05, 4.69) is 20.4 Å². The fourth-order valence-corrected chi connectivity index (χ4v) is 4.89. The van der Waals surface area contributed by atoms with E-state index in [1.54, 1.807) is 4.68 Å². The van der Waals surface area contributed by atoms with Gasteiger partial charge in [0, 0.05) is 37.9 Å². The van der Waals surface area contributed by atoms with Gasteiger partial charge in [-0.15, -0.1) is 11.3 Å². The van der Waals surface area contributed by atoms with Gasteiger partial charge in [-0.2, -0.15) is 18.3 Å². The fourth-order valence-electron chi connectivity index (χ4n) is 3.87. The van der Waals surface area contributed by atoms with E-state index < -0.39 is 35.9 Å². The van der Waals surface area contributed by atoms with Crippen LogP contribution >= 0.6 is 11.3 Å². The summed E-state index contributed by atoms with van der Waals surface area (Å²) in [6.07, 6.45) is -3.92. The number of fused-ring (bicyclic) bond motifs is 2. The lowest BCUT2D eigenvalue weighted by molar-refractivity contribution is -0.136. The number of nitrogens with zero attached hydrogens (tertiary/aromatic N) is 5. The number of aromatic nitrogens is 4. The molecule has 4 heterocycles. The van der Waals surface area contributed by atoms with Gasteiger partial charge in [-0.1, -0.05) is 0 Å². The molecule has 34 heavy (non-hydrogen) atoms. The highest BCUT2D eigenvalue weighted by molar-refractivity contribution is 7.17. The number of thiophene rings is 1. The molecule has 1 N–H and O–H groups in total. The first-order valence-electron chi connectivity index (χ1n) is 10.4. The molecule has 3 aromatic rings. The second-order valence-corrected chi connectivity index (χ2v) is 8.83. The number of rotatable bonds is 4. The molecule has 0 bridgehead atoms. The number of ether oxygens (including phenoxy) is 2. The summed E-state index contributed by atoms with van der Waals surface area (Å²) in [4.78, 5) is 34.3. The first kappa shape index (κ1) is 22.4. The van der Waals surface area contributed by atoms with Crippen LogP contribution in [0.4, 0.5) is 18.0 Å². The molecule has 14 heteroatoms. The lowest BCUT2D eigenvalue weighted by Gasteiger charge is -2.36. The summed E-state index contributed by atoms with van der Waals surface area (Å²) in [5.41, 5.74) is -0.918. The van der Waals surface area contributed by atoms with Crippen LogP contribution < -0.4 is 10.1 Å². The zero-order chi connectivity index (χ0) is 24.0. The maximum Gasteiger partial charge on any atom is 0.418 e. The summed E-state index contributed by atoms with van der Waals surface area (Å²) >= 11 is 0.805. The van der Waals surface area contributed by atoms with E-state index in [1.165, 1.54) is 23.7 Å². The molecule has 1 fully saturated rings.